The minimum absolute atomic E-state index is 0.0142. The number of ether oxygens (including phenoxy) is 2. The second-order valence-corrected chi connectivity index (χ2v) is 7.00. The van der Waals surface area contributed by atoms with Gasteiger partial charge in [0.05, 0.1) is 38.0 Å². The number of benzene rings is 2. The Bertz CT molecular complexity index is 1020. The third-order valence-corrected chi connectivity index (χ3v) is 4.97. The molecule has 0 radical (unpaired) electrons. The molecule has 0 bridgehead atoms. The van der Waals surface area contributed by atoms with E-state index in [9.17, 15) is 24.2 Å². The van der Waals surface area contributed by atoms with Crippen LogP contribution in [0.4, 0.5) is 4.39 Å². The first-order valence-electron chi connectivity index (χ1n) is 10.1. The van der Waals surface area contributed by atoms with E-state index in [1.807, 2.05) is 0 Å². The number of aliphatic hydroxyl groups is 2. The Balaban J connectivity index is 2.10. The van der Waals surface area contributed by atoms with Crippen LogP contribution in [0.5, 0.6) is 11.5 Å². The van der Waals surface area contributed by atoms with E-state index in [2.05, 4.69) is 0 Å². The highest BCUT2D eigenvalue weighted by Crippen LogP contribution is 2.41. The third kappa shape index (κ3) is 4.74. The number of nitrogens with zero attached hydrogens (tertiary/aromatic N) is 1. The van der Waals surface area contributed by atoms with Crippen LogP contribution in [0.2, 0.25) is 0 Å². The molecule has 1 amide bonds. The molecule has 1 fully saturated rings. The van der Waals surface area contributed by atoms with Crippen molar-refractivity contribution in [2.45, 2.75) is 13.0 Å². The molecular formula is C23H24FNO7. The highest BCUT2D eigenvalue weighted by atomic mass is 19.1. The Labute approximate surface area is 184 Å². The van der Waals surface area contributed by atoms with Crippen LogP contribution in [-0.4, -0.2) is 64.9 Å². The average Bonchev–Trinajstić information content (AvgIpc) is 3.03. The van der Waals surface area contributed by atoms with E-state index in [1.54, 1.807) is 6.92 Å². The fourth-order valence-electron chi connectivity index (χ4n) is 3.52. The van der Waals surface area contributed by atoms with Gasteiger partial charge < -0.3 is 29.7 Å². The number of Topliss-reactive ketones (excluding diaryl/α,β-unsaturated/α-hetero) is 1. The van der Waals surface area contributed by atoms with Crippen molar-refractivity contribution in [3.63, 3.8) is 0 Å². The Morgan fingerprint density at radius 1 is 1.12 bits per heavy atom. The zero-order valence-corrected chi connectivity index (χ0v) is 17.5. The first kappa shape index (κ1) is 23.2. The van der Waals surface area contributed by atoms with Crippen molar-refractivity contribution in [3.05, 3.63) is 65.0 Å². The first-order valence-corrected chi connectivity index (χ1v) is 10.1. The lowest BCUT2D eigenvalue weighted by atomic mass is 9.95. The average molecular weight is 445 g/mol. The molecule has 32 heavy (non-hydrogen) atoms. The molecule has 2 aromatic rings. The van der Waals surface area contributed by atoms with Gasteiger partial charge in [0.25, 0.3) is 11.7 Å². The molecule has 0 aromatic heterocycles. The van der Waals surface area contributed by atoms with Crippen LogP contribution in [-0.2, 0) is 14.3 Å². The fraction of sp³-hybridized carbons (Fsp3) is 0.304. The number of carbonyl (C=O) groups excluding carboxylic acids is 2. The summed E-state index contributed by atoms with van der Waals surface area (Å²) in [7, 11) is 0. The lowest BCUT2D eigenvalue weighted by Crippen LogP contribution is -2.33. The van der Waals surface area contributed by atoms with Gasteiger partial charge in [0, 0.05) is 12.1 Å². The van der Waals surface area contributed by atoms with Crippen molar-refractivity contribution in [1.29, 1.82) is 0 Å². The predicted octanol–water partition coefficient (Wildman–Crippen LogP) is 2.36. The largest absolute Gasteiger partial charge is 0.507 e. The number of hydrogen-bond donors (Lipinski definition) is 3. The van der Waals surface area contributed by atoms with Gasteiger partial charge >= 0.3 is 0 Å². The number of aromatic hydroxyl groups is 1. The van der Waals surface area contributed by atoms with Gasteiger partial charge in [0.1, 0.15) is 11.6 Å². The molecule has 1 aliphatic heterocycles. The van der Waals surface area contributed by atoms with Crippen molar-refractivity contribution >= 4 is 17.4 Å². The van der Waals surface area contributed by atoms with Gasteiger partial charge in [-0.1, -0.05) is 6.07 Å². The number of amides is 1. The molecule has 0 saturated carbocycles. The molecule has 2 aromatic carbocycles. The van der Waals surface area contributed by atoms with Crippen LogP contribution in [0, 0.1) is 5.82 Å². The second-order valence-electron chi connectivity index (χ2n) is 7.00. The van der Waals surface area contributed by atoms with Crippen molar-refractivity contribution in [2.75, 3.05) is 33.0 Å². The number of aliphatic hydroxyl groups excluding tert-OH is 2. The zero-order chi connectivity index (χ0) is 23.3. The molecule has 3 N–H and O–H groups in total. The Morgan fingerprint density at radius 3 is 2.50 bits per heavy atom. The summed E-state index contributed by atoms with van der Waals surface area (Å²) >= 11 is 0. The highest BCUT2D eigenvalue weighted by Gasteiger charge is 2.46. The Morgan fingerprint density at radius 2 is 1.84 bits per heavy atom. The number of hydrogen-bond acceptors (Lipinski definition) is 7. The molecular weight excluding hydrogens is 421 g/mol. The van der Waals surface area contributed by atoms with Crippen LogP contribution < -0.4 is 4.74 Å². The maximum Gasteiger partial charge on any atom is 0.295 e. The molecule has 1 heterocycles. The van der Waals surface area contributed by atoms with Crippen molar-refractivity contribution in [1.82, 2.24) is 4.90 Å². The number of ketones is 1. The standard InChI is InChI=1S/C23H24FNO7/c1-2-32-18-13-15(5-8-17(18)27)20-19(21(28)14-3-6-16(24)7-4-14)22(29)23(30)25(20)9-11-31-12-10-26/h3-8,13,20,26-28H,2,9-12H2,1H3. The van der Waals surface area contributed by atoms with Gasteiger partial charge in [-0.25, -0.2) is 4.39 Å². The molecule has 8 nitrogen and oxygen atoms in total. The second kappa shape index (κ2) is 10.3. The lowest BCUT2D eigenvalue weighted by molar-refractivity contribution is -0.140. The summed E-state index contributed by atoms with van der Waals surface area (Å²) < 4.78 is 24.0. The summed E-state index contributed by atoms with van der Waals surface area (Å²) in [5.41, 5.74) is 0.433. The normalized spacial score (nSPS) is 17.7. The van der Waals surface area contributed by atoms with Crippen LogP contribution in [0.15, 0.2) is 48.0 Å². The van der Waals surface area contributed by atoms with Gasteiger partial charge in [-0.15, -0.1) is 0 Å². The van der Waals surface area contributed by atoms with E-state index >= 15 is 0 Å². The zero-order valence-electron chi connectivity index (χ0n) is 17.5. The van der Waals surface area contributed by atoms with E-state index in [4.69, 9.17) is 14.6 Å². The minimum Gasteiger partial charge on any atom is -0.507 e. The minimum atomic E-state index is -0.988. The number of likely N-dealkylation sites (tertiary alicyclic amines) is 1. The quantitative estimate of drug-likeness (QED) is 0.235. The predicted molar refractivity (Wildman–Crippen MR) is 113 cm³/mol. The van der Waals surface area contributed by atoms with Crippen LogP contribution >= 0.6 is 0 Å². The third-order valence-electron chi connectivity index (χ3n) is 4.97. The molecule has 9 heteroatoms. The maximum absolute atomic E-state index is 13.3. The van der Waals surface area contributed by atoms with Crippen LogP contribution in [0.25, 0.3) is 5.76 Å². The highest BCUT2D eigenvalue weighted by molar-refractivity contribution is 6.46. The number of halogens is 1. The lowest BCUT2D eigenvalue weighted by Gasteiger charge is -2.25. The summed E-state index contributed by atoms with van der Waals surface area (Å²) in [4.78, 5) is 27.0. The topological polar surface area (TPSA) is 117 Å². The molecule has 1 saturated heterocycles. The summed E-state index contributed by atoms with van der Waals surface area (Å²) in [6.45, 7) is 1.96. The fourth-order valence-corrected chi connectivity index (χ4v) is 3.52. The van der Waals surface area contributed by atoms with Gasteiger partial charge in [-0.3, -0.25) is 9.59 Å². The molecule has 1 aliphatic rings. The molecule has 1 atom stereocenters. The number of carbonyl (C=O) groups is 2. The molecule has 1 unspecified atom stereocenters. The molecule has 170 valence electrons. The molecule has 0 spiro atoms. The van der Waals surface area contributed by atoms with Crippen molar-refractivity contribution in [2.24, 2.45) is 0 Å². The molecule has 0 aliphatic carbocycles. The summed E-state index contributed by atoms with van der Waals surface area (Å²) in [5.74, 6) is -2.65. The number of phenols is 1. The number of phenolic OH excluding ortho intramolecular Hbond substituents is 1. The van der Waals surface area contributed by atoms with Crippen molar-refractivity contribution in [3.8, 4) is 11.5 Å². The monoisotopic (exact) mass is 445 g/mol. The first-order chi connectivity index (χ1) is 15.4. The Hall–Kier alpha value is -3.43. The Kier molecular flexibility index (Phi) is 7.45. The van der Waals surface area contributed by atoms with Gasteiger partial charge in [0.2, 0.25) is 0 Å². The smallest absolute Gasteiger partial charge is 0.295 e. The van der Waals surface area contributed by atoms with E-state index in [0.29, 0.717) is 5.56 Å². The van der Waals surface area contributed by atoms with E-state index in [1.165, 1.54) is 35.2 Å². The summed E-state index contributed by atoms with van der Waals surface area (Å²) in [6.07, 6.45) is 0. The number of rotatable bonds is 9. The summed E-state index contributed by atoms with van der Waals surface area (Å²) in [6, 6.07) is 8.29. The summed E-state index contributed by atoms with van der Waals surface area (Å²) in [5, 5.41) is 29.8. The maximum atomic E-state index is 13.3. The SMILES string of the molecule is CCOc1cc(C2C(=C(O)c3ccc(F)cc3)C(=O)C(=O)N2CCOCCO)ccc1O. The van der Waals surface area contributed by atoms with Gasteiger partial charge in [-0.2, -0.15) is 0 Å². The van der Waals surface area contributed by atoms with Crippen LogP contribution in [0.1, 0.15) is 24.1 Å². The van der Waals surface area contributed by atoms with Gasteiger partial charge in [0.15, 0.2) is 11.5 Å². The van der Waals surface area contributed by atoms with E-state index in [0.717, 1.165) is 12.1 Å². The van der Waals surface area contributed by atoms with Crippen LogP contribution in [0.3, 0.4) is 0 Å². The van der Waals surface area contributed by atoms with Gasteiger partial charge in [-0.05, 0) is 48.9 Å². The van der Waals surface area contributed by atoms with E-state index < -0.39 is 29.3 Å². The van der Waals surface area contributed by atoms with Crippen molar-refractivity contribution < 1.29 is 38.8 Å². The van der Waals surface area contributed by atoms with E-state index in [-0.39, 0.29) is 55.6 Å². The molecule has 3 rings (SSSR count).